The first-order valence-corrected chi connectivity index (χ1v) is 7.18. The van der Waals surface area contributed by atoms with E-state index in [4.69, 9.17) is 5.11 Å². The van der Waals surface area contributed by atoms with Gasteiger partial charge < -0.3 is 10.4 Å². The summed E-state index contributed by atoms with van der Waals surface area (Å²) in [6, 6.07) is 4.68. The predicted octanol–water partition coefficient (Wildman–Crippen LogP) is 1.69. The molecule has 19 heavy (non-hydrogen) atoms. The first-order chi connectivity index (χ1) is 9.02. The molecule has 0 bridgehead atoms. The Hall–Kier alpha value is -1.56. The summed E-state index contributed by atoms with van der Waals surface area (Å²) in [6.07, 6.45) is 2.30. The van der Waals surface area contributed by atoms with Crippen LogP contribution < -0.4 is 5.32 Å². The van der Waals surface area contributed by atoms with E-state index in [0.717, 1.165) is 0 Å². The van der Waals surface area contributed by atoms with Crippen LogP contribution in [0.5, 0.6) is 0 Å². The van der Waals surface area contributed by atoms with Gasteiger partial charge in [0.1, 0.15) is 11.9 Å². The van der Waals surface area contributed by atoms with E-state index < -0.39 is 12.0 Å². The van der Waals surface area contributed by atoms with Crippen LogP contribution in [0.2, 0.25) is 0 Å². The Labute approximate surface area is 115 Å². The largest absolute Gasteiger partial charge is 0.480 e. The van der Waals surface area contributed by atoms with E-state index in [1.807, 2.05) is 6.26 Å². The van der Waals surface area contributed by atoms with Crippen molar-refractivity contribution in [2.45, 2.75) is 18.9 Å². The molecule has 1 aromatic rings. The zero-order valence-corrected chi connectivity index (χ0v) is 11.4. The number of amides is 1. The molecule has 104 valence electrons. The van der Waals surface area contributed by atoms with Crippen LogP contribution >= 0.6 is 11.8 Å². The number of hydrogen-bond donors (Lipinski definition) is 2. The van der Waals surface area contributed by atoms with Gasteiger partial charge in [-0.3, -0.25) is 4.79 Å². The van der Waals surface area contributed by atoms with Crippen LogP contribution in [0.1, 0.15) is 12.0 Å². The quantitative estimate of drug-likeness (QED) is 0.800. The normalized spacial score (nSPS) is 11.9. The van der Waals surface area contributed by atoms with Crippen molar-refractivity contribution in [3.8, 4) is 0 Å². The molecule has 0 radical (unpaired) electrons. The molecule has 0 aliphatic carbocycles. The van der Waals surface area contributed by atoms with Crippen molar-refractivity contribution in [2.75, 3.05) is 12.0 Å². The molecule has 0 heterocycles. The minimum atomic E-state index is -1.04. The SMILES string of the molecule is CSCCC(NC(=O)Cc1ccc(F)cc1)C(=O)O. The Morgan fingerprint density at radius 3 is 2.53 bits per heavy atom. The van der Waals surface area contributed by atoms with Gasteiger partial charge in [-0.2, -0.15) is 11.8 Å². The summed E-state index contributed by atoms with van der Waals surface area (Å²) in [4.78, 5) is 22.7. The number of thioether (sulfide) groups is 1. The first-order valence-electron chi connectivity index (χ1n) is 5.78. The van der Waals surface area contributed by atoms with E-state index >= 15 is 0 Å². The fourth-order valence-corrected chi connectivity index (χ4v) is 2.00. The zero-order chi connectivity index (χ0) is 14.3. The topological polar surface area (TPSA) is 66.4 Å². The smallest absolute Gasteiger partial charge is 0.326 e. The fourth-order valence-electron chi connectivity index (χ4n) is 1.53. The van der Waals surface area contributed by atoms with Crippen LogP contribution in [-0.4, -0.2) is 35.0 Å². The Morgan fingerprint density at radius 1 is 1.37 bits per heavy atom. The number of carbonyl (C=O) groups is 2. The van der Waals surface area contributed by atoms with Gasteiger partial charge in [0.05, 0.1) is 6.42 Å². The maximum absolute atomic E-state index is 12.7. The summed E-state index contributed by atoms with van der Waals surface area (Å²) in [6.45, 7) is 0. The number of hydrogen-bond acceptors (Lipinski definition) is 3. The molecule has 4 nitrogen and oxygen atoms in total. The lowest BCUT2D eigenvalue weighted by Crippen LogP contribution is -2.41. The van der Waals surface area contributed by atoms with Gasteiger partial charge in [0.15, 0.2) is 0 Å². The van der Waals surface area contributed by atoms with Gasteiger partial charge in [-0.15, -0.1) is 0 Å². The molecule has 1 amide bonds. The van der Waals surface area contributed by atoms with Crippen LogP contribution in [0.25, 0.3) is 0 Å². The molecule has 1 aromatic carbocycles. The lowest BCUT2D eigenvalue weighted by atomic mass is 10.1. The predicted molar refractivity (Wildman–Crippen MR) is 72.7 cm³/mol. The highest BCUT2D eigenvalue weighted by Crippen LogP contribution is 2.05. The van der Waals surface area contributed by atoms with Crippen LogP contribution in [0, 0.1) is 5.82 Å². The molecule has 1 atom stereocenters. The number of rotatable bonds is 7. The Bertz CT molecular complexity index is 436. The maximum atomic E-state index is 12.7. The molecule has 0 fully saturated rings. The molecule has 0 saturated carbocycles. The lowest BCUT2D eigenvalue weighted by molar-refractivity contribution is -0.141. The van der Waals surface area contributed by atoms with E-state index in [9.17, 15) is 14.0 Å². The number of halogens is 1. The van der Waals surface area contributed by atoms with Crippen molar-refractivity contribution in [1.29, 1.82) is 0 Å². The van der Waals surface area contributed by atoms with Gasteiger partial charge in [-0.25, -0.2) is 9.18 Å². The number of carboxylic acid groups (broad SMARTS) is 1. The van der Waals surface area contributed by atoms with Crippen molar-refractivity contribution in [3.05, 3.63) is 35.6 Å². The Kier molecular flexibility index (Phi) is 6.35. The molecule has 2 N–H and O–H groups in total. The third kappa shape index (κ3) is 5.74. The van der Waals surface area contributed by atoms with Crippen LogP contribution in [0.4, 0.5) is 4.39 Å². The molecule has 1 unspecified atom stereocenters. The van der Waals surface area contributed by atoms with Gasteiger partial charge in [-0.1, -0.05) is 12.1 Å². The van der Waals surface area contributed by atoms with Gasteiger partial charge in [-0.05, 0) is 36.1 Å². The second-order valence-corrected chi connectivity index (χ2v) is 5.03. The molecule has 1 rings (SSSR count). The van der Waals surface area contributed by atoms with E-state index in [1.54, 1.807) is 0 Å². The van der Waals surface area contributed by atoms with Gasteiger partial charge in [0.25, 0.3) is 0 Å². The van der Waals surface area contributed by atoms with Crippen LogP contribution in [-0.2, 0) is 16.0 Å². The van der Waals surface area contributed by atoms with Crippen molar-refractivity contribution in [3.63, 3.8) is 0 Å². The average molecular weight is 285 g/mol. The third-order valence-electron chi connectivity index (χ3n) is 2.52. The van der Waals surface area contributed by atoms with Crippen LogP contribution in [0.3, 0.4) is 0 Å². The molecule has 6 heteroatoms. The fraction of sp³-hybridized carbons (Fsp3) is 0.385. The third-order valence-corrected chi connectivity index (χ3v) is 3.17. The number of carbonyl (C=O) groups excluding carboxylic acids is 1. The summed E-state index contributed by atoms with van der Waals surface area (Å²) in [5, 5.41) is 11.4. The van der Waals surface area contributed by atoms with E-state index in [2.05, 4.69) is 5.32 Å². The molecule has 0 saturated heterocycles. The van der Waals surface area contributed by atoms with Crippen molar-refractivity contribution < 1.29 is 19.1 Å². The summed E-state index contributed by atoms with van der Waals surface area (Å²) in [5.74, 6) is -1.12. The summed E-state index contributed by atoms with van der Waals surface area (Å²) in [7, 11) is 0. The zero-order valence-electron chi connectivity index (χ0n) is 10.6. The maximum Gasteiger partial charge on any atom is 0.326 e. The lowest BCUT2D eigenvalue weighted by Gasteiger charge is -2.13. The number of nitrogens with one attached hydrogen (secondary N) is 1. The second-order valence-electron chi connectivity index (χ2n) is 4.04. The van der Waals surface area contributed by atoms with Crippen molar-refractivity contribution >= 4 is 23.6 Å². The minimum absolute atomic E-state index is 0.0450. The van der Waals surface area contributed by atoms with E-state index in [-0.39, 0.29) is 18.1 Å². The van der Waals surface area contributed by atoms with Crippen molar-refractivity contribution in [2.24, 2.45) is 0 Å². The summed E-state index contributed by atoms with van der Waals surface area (Å²) < 4.78 is 12.7. The van der Waals surface area contributed by atoms with Crippen molar-refractivity contribution in [1.82, 2.24) is 5.32 Å². The second kappa shape index (κ2) is 7.78. The highest BCUT2D eigenvalue weighted by molar-refractivity contribution is 7.98. The number of aliphatic carboxylic acids is 1. The molecule has 0 spiro atoms. The number of benzene rings is 1. The Balaban J connectivity index is 2.52. The number of carboxylic acids is 1. The first kappa shape index (κ1) is 15.5. The monoisotopic (exact) mass is 285 g/mol. The summed E-state index contributed by atoms with van der Waals surface area (Å²) in [5.41, 5.74) is 0.646. The van der Waals surface area contributed by atoms with Gasteiger partial charge in [0, 0.05) is 0 Å². The standard InChI is InChI=1S/C13H16FNO3S/c1-19-7-6-11(13(17)18)15-12(16)8-9-2-4-10(14)5-3-9/h2-5,11H,6-8H2,1H3,(H,15,16)(H,17,18). The molecule has 0 aromatic heterocycles. The minimum Gasteiger partial charge on any atom is -0.480 e. The summed E-state index contributed by atoms with van der Waals surface area (Å²) >= 11 is 1.52. The molecular formula is C13H16FNO3S. The van der Waals surface area contributed by atoms with Gasteiger partial charge in [0.2, 0.25) is 5.91 Å². The van der Waals surface area contributed by atoms with E-state index in [1.165, 1.54) is 36.0 Å². The molecular weight excluding hydrogens is 269 g/mol. The van der Waals surface area contributed by atoms with Gasteiger partial charge >= 0.3 is 5.97 Å². The molecule has 0 aliphatic rings. The highest BCUT2D eigenvalue weighted by Gasteiger charge is 2.19. The van der Waals surface area contributed by atoms with E-state index in [0.29, 0.717) is 17.7 Å². The Morgan fingerprint density at radius 2 is 2.00 bits per heavy atom. The van der Waals surface area contributed by atoms with Crippen LogP contribution in [0.15, 0.2) is 24.3 Å². The molecule has 0 aliphatic heterocycles. The average Bonchev–Trinajstić information content (AvgIpc) is 2.37. The highest BCUT2D eigenvalue weighted by atomic mass is 32.2.